The summed E-state index contributed by atoms with van der Waals surface area (Å²) in [6.07, 6.45) is 3.74. The number of ether oxygens (including phenoxy) is 1. The van der Waals surface area contributed by atoms with E-state index in [1.165, 1.54) is 18.2 Å². The number of rotatable bonds is 5. The van der Waals surface area contributed by atoms with Crippen LogP contribution in [0, 0.1) is 5.82 Å². The molecule has 2 N–H and O–H groups in total. The predicted octanol–water partition coefficient (Wildman–Crippen LogP) is 4.12. The lowest BCUT2D eigenvalue weighted by atomic mass is 10.0. The Kier molecular flexibility index (Phi) is 5.33. The van der Waals surface area contributed by atoms with Gasteiger partial charge in [-0.15, -0.1) is 0 Å². The van der Waals surface area contributed by atoms with E-state index in [9.17, 15) is 9.18 Å². The number of benzene rings is 1. The number of piperidine rings is 1. The predicted molar refractivity (Wildman–Crippen MR) is 132 cm³/mol. The number of nitrogens with zero attached hydrogens (tertiary/aromatic N) is 3. The van der Waals surface area contributed by atoms with Crippen LogP contribution in [0.1, 0.15) is 18.5 Å². The second-order valence-corrected chi connectivity index (χ2v) is 8.81. The fourth-order valence-electron chi connectivity index (χ4n) is 4.87. The van der Waals surface area contributed by atoms with Gasteiger partial charge in [0.25, 0.3) is 0 Å². The van der Waals surface area contributed by atoms with Gasteiger partial charge in [-0.25, -0.2) is 14.2 Å². The van der Waals surface area contributed by atoms with Crippen LogP contribution in [0.15, 0.2) is 57.9 Å². The molecule has 0 atom stereocenters. The Balaban J connectivity index is 1.16. The highest BCUT2D eigenvalue weighted by Gasteiger charge is 2.22. The van der Waals surface area contributed by atoms with Gasteiger partial charge in [0, 0.05) is 54.4 Å². The van der Waals surface area contributed by atoms with Crippen molar-refractivity contribution in [2.45, 2.75) is 25.4 Å². The molecule has 8 nitrogen and oxygen atoms in total. The van der Waals surface area contributed by atoms with Crippen LogP contribution in [-0.4, -0.2) is 41.2 Å². The molecular weight excluding hydrogens is 449 g/mol. The average molecular weight is 474 g/mol. The first-order valence-electron chi connectivity index (χ1n) is 11.6. The van der Waals surface area contributed by atoms with Gasteiger partial charge in [0.1, 0.15) is 22.4 Å². The summed E-state index contributed by atoms with van der Waals surface area (Å²) in [5.74, 6) is 0.210. The zero-order valence-electron chi connectivity index (χ0n) is 19.2. The second kappa shape index (κ2) is 8.66. The largest absolute Gasteiger partial charge is 0.481 e. The normalized spacial score (nSPS) is 14.9. The number of methoxy groups -OCH3 is 1. The molecule has 1 aliphatic rings. The smallest absolute Gasteiger partial charge is 0.360 e. The van der Waals surface area contributed by atoms with Gasteiger partial charge in [0.2, 0.25) is 5.88 Å². The number of H-pyrrole nitrogens is 1. The van der Waals surface area contributed by atoms with E-state index in [1.807, 2.05) is 30.5 Å². The van der Waals surface area contributed by atoms with E-state index < -0.39 is 5.63 Å². The maximum atomic E-state index is 13.8. The number of aromatic amines is 1. The van der Waals surface area contributed by atoms with Gasteiger partial charge in [0.15, 0.2) is 0 Å². The number of aromatic nitrogens is 3. The van der Waals surface area contributed by atoms with Crippen LogP contribution in [0.3, 0.4) is 0 Å². The Morgan fingerprint density at radius 2 is 2.03 bits per heavy atom. The van der Waals surface area contributed by atoms with Crippen molar-refractivity contribution in [1.29, 1.82) is 0 Å². The van der Waals surface area contributed by atoms with Crippen molar-refractivity contribution < 1.29 is 13.5 Å². The van der Waals surface area contributed by atoms with E-state index in [0.29, 0.717) is 40.3 Å². The molecule has 0 amide bonds. The van der Waals surface area contributed by atoms with Crippen LogP contribution < -0.4 is 20.6 Å². The van der Waals surface area contributed by atoms with Crippen LogP contribution in [0.2, 0.25) is 0 Å². The number of hydrogen-bond donors (Lipinski definition) is 2. The van der Waals surface area contributed by atoms with Crippen molar-refractivity contribution in [3.05, 3.63) is 70.6 Å². The van der Waals surface area contributed by atoms with Crippen LogP contribution in [0.5, 0.6) is 5.88 Å². The molecule has 1 aromatic carbocycles. The fourth-order valence-corrected chi connectivity index (χ4v) is 4.87. The minimum absolute atomic E-state index is 0.332. The summed E-state index contributed by atoms with van der Waals surface area (Å²) < 4.78 is 24.4. The summed E-state index contributed by atoms with van der Waals surface area (Å²) in [5, 5.41) is 4.86. The SMILES string of the molecule is COc1ccc2nccc(N3CCC(NCc4cc5c([nH]4)c(=O)oc4ccc(F)cc45)CC3)c2n1. The number of pyridine rings is 2. The van der Waals surface area contributed by atoms with Gasteiger partial charge in [-0.1, -0.05) is 0 Å². The van der Waals surface area contributed by atoms with Crippen molar-refractivity contribution in [3.8, 4) is 5.88 Å². The number of hydrogen-bond acceptors (Lipinski definition) is 7. The van der Waals surface area contributed by atoms with Gasteiger partial charge in [0.05, 0.1) is 18.3 Å². The third kappa shape index (κ3) is 3.97. The Bertz CT molecular complexity index is 1600. The molecule has 0 unspecified atom stereocenters. The van der Waals surface area contributed by atoms with Gasteiger partial charge >= 0.3 is 5.63 Å². The highest BCUT2D eigenvalue weighted by Crippen LogP contribution is 2.28. The van der Waals surface area contributed by atoms with E-state index >= 15 is 0 Å². The van der Waals surface area contributed by atoms with Gasteiger partial charge in [-0.3, -0.25) is 4.98 Å². The molecule has 9 heteroatoms. The first-order valence-corrected chi connectivity index (χ1v) is 11.6. The number of anilines is 1. The van der Waals surface area contributed by atoms with E-state index in [2.05, 4.69) is 25.2 Å². The zero-order chi connectivity index (χ0) is 23.9. The second-order valence-electron chi connectivity index (χ2n) is 8.81. The Labute approximate surface area is 199 Å². The van der Waals surface area contributed by atoms with Crippen LogP contribution >= 0.6 is 0 Å². The summed E-state index contributed by atoms with van der Waals surface area (Å²) in [7, 11) is 1.61. The van der Waals surface area contributed by atoms with Crippen molar-refractivity contribution in [1.82, 2.24) is 20.3 Å². The molecule has 1 fully saturated rings. The maximum absolute atomic E-state index is 13.8. The van der Waals surface area contributed by atoms with E-state index in [4.69, 9.17) is 9.15 Å². The quantitative estimate of drug-likeness (QED) is 0.371. The van der Waals surface area contributed by atoms with E-state index in [0.717, 1.165) is 48.3 Å². The molecule has 0 radical (unpaired) electrons. The highest BCUT2D eigenvalue weighted by molar-refractivity contribution is 6.03. The summed E-state index contributed by atoms with van der Waals surface area (Å²) in [6.45, 7) is 2.35. The topological polar surface area (TPSA) is 96.3 Å². The van der Waals surface area contributed by atoms with Crippen molar-refractivity contribution in [3.63, 3.8) is 0 Å². The van der Waals surface area contributed by atoms with E-state index in [1.54, 1.807) is 7.11 Å². The first kappa shape index (κ1) is 21.5. The molecule has 0 aliphatic carbocycles. The molecule has 5 aromatic rings. The minimum atomic E-state index is -0.450. The van der Waals surface area contributed by atoms with Crippen molar-refractivity contribution in [2.24, 2.45) is 0 Å². The summed E-state index contributed by atoms with van der Waals surface area (Å²) >= 11 is 0. The fraction of sp³-hybridized carbons (Fsp3) is 0.269. The Morgan fingerprint density at radius 3 is 2.86 bits per heavy atom. The number of nitrogens with one attached hydrogen (secondary N) is 2. The first-order chi connectivity index (χ1) is 17.1. The Morgan fingerprint density at radius 1 is 1.17 bits per heavy atom. The van der Waals surface area contributed by atoms with Crippen LogP contribution in [-0.2, 0) is 6.54 Å². The standard InChI is InChI=1S/C26H24FN5O3/c1-34-23-5-3-20-25(31-23)21(6-9-28-20)32-10-7-16(8-11-32)29-14-17-13-19-18-12-15(27)2-4-22(18)35-26(33)24(19)30-17/h2-6,9,12-13,16,29-30H,7-8,10-11,14H2,1H3. The molecular formula is C26H24FN5O3. The van der Waals surface area contributed by atoms with Gasteiger partial charge in [-0.2, -0.15) is 0 Å². The molecule has 0 bridgehead atoms. The zero-order valence-corrected chi connectivity index (χ0v) is 19.2. The lowest BCUT2D eigenvalue weighted by molar-refractivity contribution is 0.399. The number of halogens is 1. The molecule has 35 heavy (non-hydrogen) atoms. The van der Waals surface area contributed by atoms with Gasteiger partial charge < -0.3 is 24.4 Å². The minimum Gasteiger partial charge on any atom is -0.481 e. The third-order valence-electron chi connectivity index (χ3n) is 6.68. The molecule has 178 valence electrons. The van der Waals surface area contributed by atoms with E-state index in [-0.39, 0.29) is 5.82 Å². The molecule has 1 aliphatic heterocycles. The summed E-state index contributed by atoms with van der Waals surface area (Å²) in [5.41, 5.74) is 3.91. The van der Waals surface area contributed by atoms with Crippen LogP contribution in [0.25, 0.3) is 32.9 Å². The lowest BCUT2D eigenvalue weighted by Crippen LogP contribution is -2.42. The van der Waals surface area contributed by atoms with Crippen LogP contribution in [0.4, 0.5) is 10.1 Å². The van der Waals surface area contributed by atoms with Crippen molar-refractivity contribution >= 4 is 38.6 Å². The number of fused-ring (bicyclic) bond motifs is 4. The van der Waals surface area contributed by atoms with Gasteiger partial charge in [-0.05, 0) is 49.2 Å². The lowest BCUT2D eigenvalue weighted by Gasteiger charge is -2.34. The highest BCUT2D eigenvalue weighted by atomic mass is 19.1. The Hall–Kier alpha value is -3.98. The molecule has 0 saturated carbocycles. The third-order valence-corrected chi connectivity index (χ3v) is 6.68. The molecule has 1 saturated heterocycles. The monoisotopic (exact) mass is 473 g/mol. The van der Waals surface area contributed by atoms with Crippen molar-refractivity contribution in [2.75, 3.05) is 25.1 Å². The molecule has 6 rings (SSSR count). The molecule has 0 spiro atoms. The summed E-state index contributed by atoms with van der Waals surface area (Å²) in [6, 6.07) is 12.2. The summed E-state index contributed by atoms with van der Waals surface area (Å²) in [4.78, 5) is 26.9. The molecule has 5 heterocycles. The average Bonchev–Trinajstić information content (AvgIpc) is 3.33. The maximum Gasteiger partial charge on any atom is 0.360 e. The molecule has 4 aromatic heterocycles.